The number of hydrogen-bond acceptors (Lipinski definition) is 7. The van der Waals surface area contributed by atoms with E-state index < -0.39 is 0 Å². The molecule has 1 amide bonds. The number of aromatic amines is 1. The molecule has 0 unspecified atom stereocenters. The van der Waals surface area contributed by atoms with Crippen molar-refractivity contribution < 1.29 is 4.79 Å². The Balaban J connectivity index is 1.31. The summed E-state index contributed by atoms with van der Waals surface area (Å²) in [7, 11) is 0. The maximum Gasteiger partial charge on any atom is 0.270 e. The van der Waals surface area contributed by atoms with Gasteiger partial charge in [0.25, 0.3) is 5.56 Å². The van der Waals surface area contributed by atoms with Gasteiger partial charge in [-0.15, -0.1) is 11.3 Å². The van der Waals surface area contributed by atoms with Gasteiger partial charge in [0.05, 0.1) is 6.33 Å². The Morgan fingerprint density at radius 1 is 1.38 bits per heavy atom. The number of hydrogen-bond donors (Lipinski definition) is 2. The zero-order valence-corrected chi connectivity index (χ0v) is 15.7. The standard InChI is InChI=1S/C17H19N5O2S2/c23-15(18-6-3-12-2-1-9-25-12)11-4-7-22(8-5-11)17-21-14-13(26-17)16(24)20-10-19-14/h1-2,9-11H,3-8H2,(H,18,23)(H,19,20,24). The Hall–Kier alpha value is -2.26. The van der Waals surface area contributed by atoms with E-state index in [9.17, 15) is 9.59 Å². The Bertz CT molecular complexity index is 942. The average Bonchev–Trinajstić information content (AvgIpc) is 3.32. The number of aromatic nitrogens is 3. The summed E-state index contributed by atoms with van der Waals surface area (Å²) in [6.45, 7) is 2.22. The van der Waals surface area contributed by atoms with E-state index in [1.54, 1.807) is 11.3 Å². The third-order valence-corrected chi connectivity index (χ3v) is 6.61. The van der Waals surface area contributed by atoms with Crippen molar-refractivity contribution >= 4 is 44.1 Å². The highest BCUT2D eigenvalue weighted by Crippen LogP contribution is 2.29. The van der Waals surface area contributed by atoms with Gasteiger partial charge in [-0.3, -0.25) is 9.59 Å². The van der Waals surface area contributed by atoms with E-state index in [-0.39, 0.29) is 17.4 Å². The molecule has 0 bridgehead atoms. The van der Waals surface area contributed by atoms with Crippen LogP contribution in [-0.4, -0.2) is 40.5 Å². The smallest absolute Gasteiger partial charge is 0.270 e. The van der Waals surface area contributed by atoms with Gasteiger partial charge in [-0.1, -0.05) is 17.4 Å². The van der Waals surface area contributed by atoms with E-state index in [1.165, 1.54) is 22.5 Å². The van der Waals surface area contributed by atoms with Crippen molar-refractivity contribution in [2.75, 3.05) is 24.5 Å². The quantitative estimate of drug-likeness (QED) is 0.697. The molecule has 1 aliphatic rings. The van der Waals surface area contributed by atoms with Crippen molar-refractivity contribution in [1.29, 1.82) is 0 Å². The highest BCUT2D eigenvalue weighted by molar-refractivity contribution is 7.22. The highest BCUT2D eigenvalue weighted by atomic mass is 32.1. The Labute approximate surface area is 158 Å². The van der Waals surface area contributed by atoms with Gasteiger partial charge in [0.1, 0.15) is 4.70 Å². The number of amides is 1. The molecule has 0 radical (unpaired) electrons. The molecule has 0 aromatic carbocycles. The topological polar surface area (TPSA) is 91.0 Å². The zero-order valence-electron chi connectivity index (χ0n) is 14.1. The normalized spacial score (nSPS) is 15.5. The van der Waals surface area contributed by atoms with Crippen molar-refractivity contribution in [1.82, 2.24) is 20.3 Å². The number of rotatable bonds is 5. The summed E-state index contributed by atoms with van der Waals surface area (Å²) in [5.41, 5.74) is 0.334. The number of anilines is 1. The fourth-order valence-electron chi connectivity index (χ4n) is 3.13. The summed E-state index contributed by atoms with van der Waals surface area (Å²) in [5.74, 6) is 0.189. The maximum absolute atomic E-state index is 12.4. The molecule has 136 valence electrons. The molecule has 1 fully saturated rings. The predicted octanol–water partition coefficient (Wildman–Crippen LogP) is 2.02. The van der Waals surface area contributed by atoms with Crippen LogP contribution in [0, 0.1) is 5.92 Å². The Morgan fingerprint density at radius 3 is 2.96 bits per heavy atom. The first-order chi connectivity index (χ1) is 12.7. The SMILES string of the molecule is O=C(NCCc1cccs1)C1CCN(c2nc3nc[nH]c(=O)c3s2)CC1. The number of carbonyl (C=O) groups excluding carboxylic acids is 1. The molecule has 1 saturated heterocycles. The second-order valence-corrected chi connectivity index (χ2v) is 8.27. The fourth-order valence-corrected chi connectivity index (χ4v) is 4.81. The summed E-state index contributed by atoms with van der Waals surface area (Å²) in [6, 6.07) is 4.12. The van der Waals surface area contributed by atoms with Crippen molar-refractivity contribution in [2.24, 2.45) is 5.92 Å². The summed E-state index contributed by atoms with van der Waals surface area (Å²) in [5, 5.41) is 5.92. The molecule has 3 aromatic heterocycles. The number of thiophene rings is 1. The van der Waals surface area contributed by atoms with E-state index in [4.69, 9.17) is 0 Å². The van der Waals surface area contributed by atoms with E-state index in [1.807, 2.05) is 6.07 Å². The molecule has 26 heavy (non-hydrogen) atoms. The van der Waals surface area contributed by atoms with Crippen LogP contribution in [0.15, 0.2) is 28.6 Å². The molecular weight excluding hydrogens is 370 g/mol. The average molecular weight is 390 g/mol. The molecule has 2 N–H and O–H groups in total. The number of fused-ring (bicyclic) bond motifs is 1. The fraction of sp³-hybridized carbons (Fsp3) is 0.412. The molecule has 0 spiro atoms. The van der Waals surface area contributed by atoms with Gasteiger partial charge >= 0.3 is 0 Å². The largest absolute Gasteiger partial charge is 0.355 e. The molecule has 0 atom stereocenters. The first-order valence-electron chi connectivity index (χ1n) is 8.60. The van der Waals surface area contributed by atoms with Gasteiger partial charge < -0.3 is 15.2 Å². The summed E-state index contributed by atoms with van der Waals surface area (Å²) in [4.78, 5) is 38.7. The second kappa shape index (κ2) is 7.55. The minimum absolute atomic E-state index is 0.0468. The summed E-state index contributed by atoms with van der Waals surface area (Å²) in [6.07, 6.45) is 3.85. The van der Waals surface area contributed by atoms with E-state index in [0.717, 1.165) is 37.5 Å². The Kier molecular flexibility index (Phi) is 4.98. The van der Waals surface area contributed by atoms with Crippen LogP contribution in [-0.2, 0) is 11.2 Å². The molecule has 3 aromatic rings. The van der Waals surface area contributed by atoms with Gasteiger partial charge in [-0.05, 0) is 30.7 Å². The van der Waals surface area contributed by atoms with Crippen LogP contribution in [0.2, 0.25) is 0 Å². The molecular formula is C17H19N5O2S2. The molecule has 1 aliphatic heterocycles. The third-order valence-electron chi connectivity index (χ3n) is 4.57. The molecule has 7 nitrogen and oxygen atoms in total. The predicted molar refractivity (Wildman–Crippen MR) is 104 cm³/mol. The monoisotopic (exact) mass is 389 g/mol. The van der Waals surface area contributed by atoms with Crippen molar-refractivity contribution in [2.45, 2.75) is 19.3 Å². The van der Waals surface area contributed by atoms with Gasteiger partial charge in [-0.2, -0.15) is 4.98 Å². The van der Waals surface area contributed by atoms with Crippen LogP contribution in [0.1, 0.15) is 17.7 Å². The van der Waals surface area contributed by atoms with Crippen LogP contribution in [0.5, 0.6) is 0 Å². The lowest BCUT2D eigenvalue weighted by atomic mass is 9.96. The number of nitrogens with zero attached hydrogens (tertiary/aromatic N) is 3. The lowest BCUT2D eigenvalue weighted by molar-refractivity contribution is -0.125. The van der Waals surface area contributed by atoms with Crippen molar-refractivity contribution in [3.63, 3.8) is 0 Å². The van der Waals surface area contributed by atoms with Crippen molar-refractivity contribution in [3.05, 3.63) is 39.1 Å². The van der Waals surface area contributed by atoms with Crippen LogP contribution in [0.3, 0.4) is 0 Å². The van der Waals surface area contributed by atoms with Crippen LogP contribution in [0.25, 0.3) is 10.3 Å². The molecule has 9 heteroatoms. The molecule has 4 heterocycles. The lowest BCUT2D eigenvalue weighted by Crippen LogP contribution is -2.41. The number of piperidine rings is 1. The lowest BCUT2D eigenvalue weighted by Gasteiger charge is -2.30. The van der Waals surface area contributed by atoms with Gasteiger partial charge in [0, 0.05) is 30.4 Å². The third kappa shape index (κ3) is 3.63. The molecule has 0 aliphatic carbocycles. The van der Waals surface area contributed by atoms with Crippen LogP contribution in [0.4, 0.5) is 5.13 Å². The first kappa shape index (κ1) is 17.2. The first-order valence-corrected chi connectivity index (χ1v) is 10.3. The molecule has 4 rings (SSSR count). The highest BCUT2D eigenvalue weighted by Gasteiger charge is 2.26. The van der Waals surface area contributed by atoms with Crippen molar-refractivity contribution in [3.8, 4) is 0 Å². The van der Waals surface area contributed by atoms with Gasteiger partial charge in [0.2, 0.25) is 5.91 Å². The van der Waals surface area contributed by atoms with E-state index in [0.29, 0.717) is 16.9 Å². The van der Waals surface area contributed by atoms with Crippen LogP contribution >= 0.6 is 22.7 Å². The van der Waals surface area contributed by atoms with Gasteiger partial charge in [0.15, 0.2) is 10.8 Å². The number of thiazole rings is 1. The van der Waals surface area contributed by atoms with E-state index >= 15 is 0 Å². The minimum Gasteiger partial charge on any atom is -0.355 e. The Morgan fingerprint density at radius 2 is 2.23 bits per heavy atom. The second-order valence-electron chi connectivity index (χ2n) is 6.26. The zero-order chi connectivity index (χ0) is 17.9. The van der Waals surface area contributed by atoms with Gasteiger partial charge in [-0.25, -0.2) is 4.98 Å². The number of carbonyl (C=O) groups is 1. The van der Waals surface area contributed by atoms with E-state index in [2.05, 4.69) is 36.6 Å². The summed E-state index contributed by atoms with van der Waals surface area (Å²) >= 11 is 3.08. The molecule has 0 saturated carbocycles. The number of nitrogens with one attached hydrogen (secondary N) is 2. The van der Waals surface area contributed by atoms with Crippen LogP contribution < -0.4 is 15.8 Å². The number of H-pyrrole nitrogens is 1. The summed E-state index contributed by atoms with van der Waals surface area (Å²) < 4.78 is 0.552. The maximum atomic E-state index is 12.4. The minimum atomic E-state index is -0.154.